The SMILES string of the molecule is COC1Oc2ccccc2-c2oc(-c3ccccc3)c(-c3ccccc3)c21. The summed E-state index contributed by atoms with van der Waals surface area (Å²) in [4.78, 5) is 0. The van der Waals surface area contributed by atoms with Gasteiger partial charge >= 0.3 is 0 Å². The van der Waals surface area contributed by atoms with Gasteiger partial charge in [0.2, 0.25) is 6.29 Å². The molecule has 0 fully saturated rings. The van der Waals surface area contributed by atoms with E-state index in [1.165, 1.54) is 0 Å². The molecule has 0 saturated heterocycles. The highest BCUT2D eigenvalue weighted by Crippen LogP contribution is 2.51. The normalized spacial score (nSPS) is 14.9. The molecule has 1 aromatic heterocycles. The Labute approximate surface area is 157 Å². The summed E-state index contributed by atoms with van der Waals surface area (Å²) in [5, 5.41) is 0. The fourth-order valence-electron chi connectivity index (χ4n) is 3.65. The second-order valence-electron chi connectivity index (χ2n) is 6.46. The minimum Gasteiger partial charge on any atom is -0.460 e. The first kappa shape index (κ1) is 15.9. The van der Waals surface area contributed by atoms with Crippen molar-refractivity contribution in [3.8, 4) is 39.5 Å². The Morgan fingerprint density at radius 3 is 2.04 bits per heavy atom. The predicted octanol–water partition coefficient (Wildman–Crippen LogP) is 6.32. The van der Waals surface area contributed by atoms with E-state index in [1.807, 2.05) is 60.7 Å². The molecule has 0 aliphatic carbocycles. The van der Waals surface area contributed by atoms with Crippen LogP contribution in [0.25, 0.3) is 33.8 Å². The van der Waals surface area contributed by atoms with Crippen molar-refractivity contribution in [1.82, 2.24) is 0 Å². The zero-order valence-corrected chi connectivity index (χ0v) is 14.9. The predicted molar refractivity (Wildman–Crippen MR) is 105 cm³/mol. The zero-order valence-electron chi connectivity index (χ0n) is 14.9. The van der Waals surface area contributed by atoms with E-state index in [-0.39, 0.29) is 0 Å². The maximum Gasteiger partial charge on any atom is 0.230 e. The number of hydrogen-bond donors (Lipinski definition) is 0. The number of benzene rings is 3. The number of methoxy groups -OCH3 is 1. The summed E-state index contributed by atoms with van der Waals surface area (Å²) in [7, 11) is 1.66. The zero-order chi connectivity index (χ0) is 18.2. The quantitative estimate of drug-likeness (QED) is 0.431. The highest BCUT2D eigenvalue weighted by molar-refractivity contribution is 5.89. The van der Waals surface area contributed by atoms with E-state index < -0.39 is 6.29 Å². The third kappa shape index (κ3) is 2.56. The molecule has 1 unspecified atom stereocenters. The summed E-state index contributed by atoms with van der Waals surface area (Å²) in [6.07, 6.45) is -0.522. The fraction of sp³-hybridized carbons (Fsp3) is 0.0833. The molecule has 0 spiro atoms. The van der Waals surface area contributed by atoms with E-state index in [4.69, 9.17) is 13.9 Å². The van der Waals surface area contributed by atoms with Crippen LogP contribution in [0.3, 0.4) is 0 Å². The van der Waals surface area contributed by atoms with Crippen molar-refractivity contribution in [3.63, 3.8) is 0 Å². The van der Waals surface area contributed by atoms with Crippen LogP contribution < -0.4 is 4.74 Å². The standard InChI is InChI=1S/C24H18O3/c1-25-24-21-20(16-10-4-2-5-11-16)22(17-12-6-3-7-13-17)27-23(21)18-14-8-9-15-19(18)26-24/h2-15,24H,1H3. The van der Waals surface area contributed by atoms with Crippen molar-refractivity contribution in [2.24, 2.45) is 0 Å². The molecular weight excluding hydrogens is 336 g/mol. The van der Waals surface area contributed by atoms with Crippen LogP contribution in [0.15, 0.2) is 89.3 Å². The summed E-state index contributed by atoms with van der Waals surface area (Å²) in [6.45, 7) is 0. The minimum absolute atomic E-state index is 0.522. The van der Waals surface area contributed by atoms with Gasteiger partial charge in [0.1, 0.15) is 17.3 Å². The molecule has 0 N–H and O–H groups in total. The van der Waals surface area contributed by atoms with Gasteiger partial charge in [-0.3, -0.25) is 0 Å². The van der Waals surface area contributed by atoms with Crippen LogP contribution in [0, 0.1) is 0 Å². The lowest BCUT2D eigenvalue weighted by Crippen LogP contribution is -2.15. The molecule has 0 saturated carbocycles. The number of ether oxygens (including phenoxy) is 2. The van der Waals surface area contributed by atoms with E-state index in [0.29, 0.717) is 0 Å². The number of para-hydroxylation sites is 1. The number of furan rings is 1. The van der Waals surface area contributed by atoms with E-state index in [9.17, 15) is 0 Å². The topological polar surface area (TPSA) is 31.6 Å². The largest absolute Gasteiger partial charge is 0.460 e. The summed E-state index contributed by atoms with van der Waals surface area (Å²) in [5.74, 6) is 2.40. The molecule has 1 aliphatic rings. The van der Waals surface area contributed by atoms with Crippen LogP contribution in [-0.4, -0.2) is 7.11 Å². The van der Waals surface area contributed by atoms with Gasteiger partial charge in [0.15, 0.2) is 0 Å². The molecular formula is C24H18O3. The third-order valence-corrected chi connectivity index (χ3v) is 4.86. The number of rotatable bonds is 3. The second kappa shape index (κ2) is 6.45. The molecule has 0 bridgehead atoms. The van der Waals surface area contributed by atoms with Crippen LogP contribution in [0.2, 0.25) is 0 Å². The van der Waals surface area contributed by atoms with E-state index in [2.05, 4.69) is 24.3 Å². The van der Waals surface area contributed by atoms with Crippen LogP contribution in [0.4, 0.5) is 0 Å². The van der Waals surface area contributed by atoms with Crippen molar-refractivity contribution >= 4 is 0 Å². The Morgan fingerprint density at radius 1 is 0.704 bits per heavy atom. The molecule has 3 heteroatoms. The first-order valence-corrected chi connectivity index (χ1v) is 8.93. The van der Waals surface area contributed by atoms with Crippen molar-refractivity contribution in [1.29, 1.82) is 0 Å². The van der Waals surface area contributed by atoms with Gasteiger partial charge in [-0.05, 0) is 17.7 Å². The first-order chi connectivity index (χ1) is 13.4. The van der Waals surface area contributed by atoms with Crippen LogP contribution in [0.1, 0.15) is 11.9 Å². The van der Waals surface area contributed by atoms with Gasteiger partial charge in [-0.2, -0.15) is 0 Å². The van der Waals surface area contributed by atoms with E-state index in [0.717, 1.165) is 45.1 Å². The average Bonchev–Trinajstić information content (AvgIpc) is 3.15. The molecule has 1 aliphatic heterocycles. The van der Waals surface area contributed by atoms with Gasteiger partial charge in [0, 0.05) is 18.2 Å². The minimum atomic E-state index is -0.522. The van der Waals surface area contributed by atoms with Gasteiger partial charge < -0.3 is 13.9 Å². The van der Waals surface area contributed by atoms with Crippen LogP contribution in [0.5, 0.6) is 5.75 Å². The van der Waals surface area contributed by atoms with Gasteiger partial charge in [-0.25, -0.2) is 0 Å². The number of hydrogen-bond acceptors (Lipinski definition) is 3. The molecule has 27 heavy (non-hydrogen) atoms. The van der Waals surface area contributed by atoms with Crippen molar-refractivity contribution < 1.29 is 13.9 Å². The Bertz CT molecular complexity index is 1080. The highest BCUT2D eigenvalue weighted by Gasteiger charge is 2.35. The highest BCUT2D eigenvalue weighted by atomic mass is 16.7. The Kier molecular flexibility index (Phi) is 3.80. The maximum absolute atomic E-state index is 6.48. The molecule has 2 heterocycles. The Balaban J connectivity index is 1.85. The molecule has 4 aromatic rings. The van der Waals surface area contributed by atoms with E-state index >= 15 is 0 Å². The molecule has 1 atom stereocenters. The smallest absolute Gasteiger partial charge is 0.230 e. The summed E-state index contributed by atoms with van der Waals surface area (Å²) in [6, 6.07) is 28.3. The lowest BCUT2D eigenvalue weighted by molar-refractivity contribution is -0.0579. The van der Waals surface area contributed by atoms with Gasteiger partial charge in [-0.15, -0.1) is 0 Å². The summed E-state index contributed by atoms with van der Waals surface area (Å²) < 4.78 is 18.3. The van der Waals surface area contributed by atoms with Gasteiger partial charge in [0.05, 0.1) is 11.1 Å². The monoisotopic (exact) mass is 354 g/mol. The fourth-order valence-corrected chi connectivity index (χ4v) is 3.65. The molecule has 5 rings (SSSR count). The molecule has 3 nitrogen and oxygen atoms in total. The Hall–Kier alpha value is -3.30. The molecule has 132 valence electrons. The summed E-state index contributed by atoms with van der Waals surface area (Å²) in [5.41, 5.74) is 4.99. The maximum atomic E-state index is 6.48. The third-order valence-electron chi connectivity index (χ3n) is 4.86. The van der Waals surface area contributed by atoms with Crippen molar-refractivity contribution in [2.75, 3.05) is 7.11 Å². The lowest BCUT2D eigenvalue weighted by Gasteiger charge is -2.25. The van der Waals surface area contributed by atoms with Crippen molar-refractivity contribution in [2.45, 2.75) is 6.29 Å². The summed E-state index contributed by atoms with van der Waals surface area (Å²) >= 11 is 0. The number of fused-ring (bicyclic) bond motifs is 3. The Morgan fingerprint density at radius 2 is 1.33 bits per heavy atom. The first-order valence-electron chi connectivity index (χ1n) is 8.93. The lowest BCUT2D eigenvalue weighted by atomic mass is 9.94. The van der Waals surface area contributed by atoms with Crippen molar-refractivity contribution in [3.05, 3.63) is 90.5 Å². The van der Waals surface area contributed by atoms with Crippen LogP contribution in [-0.2, 0) is 4.74 Å². The molecule has 0 radical (unpaired) electrons. The molecule has 0 amide bonds. The van der Waals surface area contributed by atoms with Gasteiger partial charge in [-0.1, -0.05) is 72.8 Å². The average molecular weight is 354 g/mol. The molecule has 3 aromatic carbocycles. The second-order valence-corrected chi connectivity index (χ2v) is 6.46. The van der Waals surface area contributed by atoms with Crippen LogP contribution >= 0.6 is 0 Å². The van der Waals surface area contributed by atoms with E-state index in [1.54, 1.807) is 7.11 Å². The van der Waals surface area contributed by atoms with Gasteiger partial charge in [0.25, 0.3) is 0 Å².